The van der Waals surface area contributed by atoms with Gasteiger partial charge in [-0.15, -0.1) is 22.0 Å². The van der Waals surface area contributed by atoms with Crippen molar-refractivity contribution >= 4 is 17.7 Å². The van der Waals surface area contributed by atoms with E-state index in [0.29, 0.717) is 6.42 Å². The van der Waals surface area contributed by atoms with Gasteiger partial charge in [0.2, 0.25) is 10.9 Å². The van der Waals surface area contributed by atoms with Gasteiger partial charge in [-0.1, -0.05) is 0 Å². The standard InChI is InChI=1S/C10H19N5OS/c1-9(2,3)11-8(16)6-5-7-17-10(4)12-14-15-13-10/h5-7H2,1-4H3,(H,11,16). The fraction of sp³-hybridized carbons (Fsp3) is 0.900. The summed E-state index contributed by atoms with van der Waals surface area (Å²) in [4.78, 5) is 10.9. The first-order valence-corrected chi connectivity index (χ1v) is 6.58. The van der Waals surface area contributed by atoms with Crippen molar-refractivity contribution in [1.82, 2.24) is 5.32 Å². The highest BCUT2D eigenvalue weighted by Gasteiger charge is 2.26. The maximum atomic E-state index is 11.5. The van der Waals surface area contributed by atoms with Crippen LogP contribution in [0.1, 0.15) is 40.5 Å². The number of rotatable bonds is 5. The molecule has 0 radical (unpaired) electrons. The van der Waals surface area contributed by atoms with Crippen LogP contribution in [0.3, 0.4) is 0 Å². The summed E-state index contributed by atoms with van der Waals surface area (Å²) in [5, 5.41) is 17.7. The molecule has 0 spiro atoms. The van der Waals surface area contributed by atoms with Gasteiger partial charge in [-0.3, -0.25) is 4.79 Å². The van der Waals surface area contributed by atoms with E-state index in [1.165, 1.54) is 0 Å². The van der Waals surface area contributed by atoms with Gasteiger partial charge in [0.25, 0.3) is 0 Å². The average molecular weight is 257 g/mol. The third kappa shape index (κ3) is 5.76. The van der Waals surface area contributed by atoms with Crippen molar-refractivity contribution in [2.75, 3.05) is 5.75 Å². The zero-order chi connectivity index (χ0) is 12.9. The van der Waals surface area contributed by atoms with Crippen LogP contribution in [0.2, 0.25) is 0 Å². The van der Waals surface area contributed by atoms with E-state index < -0.39 is 4.99 Å². The molecule has 0 aromatic carbocycles. The molecule has 7 heteroatoms. The van der Waals surface area contributed by atoms with Crippen molar-refractivity contribution in [1.29, 1.82) is 0 Å². The lowest BCUT2D eigenvalue weighted by Crippen LogP contribution is -2.40. The zero-order valence-corrected chi connectivity index (χ0v) is 11.5. The molecule has 0 atom stereocenters. The first-order chi connectivity index (χ1) is 7.81. The molecular formula is C10H19N5OS. The Morgan fingerprint density at radius 1 is 1.29 bits per heavy atom. The van der Waals surface area contributed by atoms with E-state index >= 15 is 0 Å². The lowest BCUT2D eigenvalue weighted by molar-refractivity contribution is -0.122. The largest absolute Gasteiger partial charge is 0.352 e. The molecule has 1 aliphatic rings. The molecule has 1 N–H and O–H groups in total. The first-order valence-electron chi connectivity index (χ1n) is 5.60. The number of carbonyl (C=O) groups is 1. The zero-order valence-electron chi connectivity index (χ0n) is 10.7. The van der Waals surface area contributed by atoms with Gasteiger partial charge in [0.05, 0.1) is 0 Å². The van der Waals surface area contributed by atoms with Crippen molar-refractivity contribution in [3.63, 3.8) is 0 Å². The monoisotopic (exact) mass is 257 g/mol. The fourth-order valence-corrected chi connectivity index (χ4v) is 2.13. The van der Waals surface area contributed by atoms with E-state index in [-0.39, 0.29) is 11.4 Å². The van der Waals surface area contributed by atoms with Crippen LogP contribution in [0, 0.1) is 0 Å². The van der Waals surface area contributed by atoms with E-state index in [0.717, 1.165) is 12.2 Å². The summed E-state index contributed by atoms with van der Waals surface area (Å²) >= 11 is 1.55. The predicted molar refractivity (Wildman–Crippen MR) is 67.7 cm³/mol. The second kappa shape index (κ2) is 5.57. The summed E-state index contributed by atoms with van der Waals surface area (Å²) in [6.45, 7) is 7.77. The van der Waals surface area contributed by atoms with Gasteiger partial charge in [0.1, 0.15) is 0 Å². The van der Waals surface area contributed by atoms with Crippen LogP contribution in [0.15, 0.2) is 20.7 Å². The molecular weight excluding hydrogens is 238 g/mol. The second-order valence-electron chi connectivity index (χ2n) is 5.06. The lowest BCUT2D eigenvalue weighted by atomic mass is 10.1. The summed E-state index contributed by atoms with van der Waals surface area (Å²) in [7, 11) is 0. The molecule has 0 fully saturated rings. The molecule has 1 aliphatic heterocycles. The molecule has 0 aromatic heterocycles. The van der Waals surface area contributed by atoms with E-state index in [1.807, 2.05) is 27.7 Å². The van der Waals surface area contributed by atoms with Crippen LogP contribution < -0.4 is 5.32 Å². The normalized spacial score (nSPS) is 17.4. The Morgan fingerprint density at radius 3 is 2.41 bits per heavy atom. The van der Waals surface area contributed by atoms with E-state index in [2.05, 4.69) is 26.0 Å². The molecule has 0 saturated carbocycles. The summed E-state index contributed by atoms with van der Waals surface area (Å²) < 4.78 is 0. The Hall–Kier alpha value is -0.980. The minimum Gasteiger partial charge on any atom is -0.352 e. The fourth-order valence-electron chi connectivity index (χ4n) is 1.26. The molecule has 0 aromatic rings. The van der Waals surface area contributed by atoms with Crippen LogP contribution in [0.4, 0.5) is 0 Å². The van der Waals surface area contributed by atoms with Crippen molar-refractivity contribution in [2.24, 2.45) is 20.7 Å². The maximum absolute atomic E-state index is 11.5. The van der Waals surface area contributed by atoms with Crippen molar-refractivity contribution in [3.05, 3.63) is 0 Å². The summed E-state index contributed by atoms with van der Waals surface area (Å²) in [5.41, 5.74) is -0.163. The number of hydrogen-bond acceptors (Lipinski definition) is 6. The van der Waals surface area contributed by atoms with Crippen LogP contribution in [0.25, 0.3) is 0 Å². The van der Waals surface area contributed by atoms with Crippen LogP contribution in [-0.4, -0.2) is 22.2 Å². The lowest BCUT2D eigenvalue weighted by Gasteiger charge is -2.20. The Balaban J connectivity index is 2.14. The smallest absolute Gasteiger partial charge is 0.237 e. The molecule has 17 heavy (non-hydrogen) atoms. The summed E-state index contributed by atoms with van der Waals surface area (Å²) in [6.07, 6.45) is 1.32. The van der Waals surface area contributed by atoms with E-state index in [4.69, 9.17) is 0 Å². The van der Waals surface area contributed by atoms with Gasteiger partial charge >= 0.3 is 0 Å². The molecule has 6 nitrogen and oxygen atoms in total. The Morgan fingerprint density at radius 2 is 1.88 bits per heavy atom. The highest BCUT2D eigenvalue weighted by atomic mass is 32.2. The van der Waals surface area contributed by atoms with Crippen LogP contribution >= 0.6 is 11.8 Å². The average Bonchev–Trinajstić information content (AvgIpc) is 2.58. The minimum absolute atomic E-state index is 0.0814. The van der Waals surface area contributed by atoms with Crippen molar-refractivity contribution < 1.29 is 4.79 Å². The molecule has 0 saturated heterocycles. The number of carbonyl (C=O) groups excluding carboxylic acids is 1. The second-order valence-corrected chi connectivity index (χ2v) is 6.53. The minimum atomic E-state index is -0.583. The van der Waals surface area contributed by atoms with Gasteiger partial charge in [-0.2, -0.15) is 0 Å². The summed E-state index contributed by atoms with van der Waals surface area (Å²) in [6, 6.07) is 0. The van der Waals surface area contributed by atoms with E-state index in [1.54, 1.807) is 11.8 Å². The van der Waals surface area contributed by atoms with Crippen molar-refractivity contribution in [3.8, 4) is 0 Å². The van der Waals surface area contributed by atoms with Gasteiger partial charge in [-0.25, -0.2) is 0 Å². The van der Waals surface area contributed by atoms with Crippen LogP contribution in [0.5, 0.6) is 0 Å². The number of hydrogen-bond donors (Lipinski definition) is 1. The molecule has 1 heterocycles. The number of thioether (sulfide) groups is 1. The highest BCUT2D eigenvalue weighted by Crippen LogP contribution is 2.32. The van der Waals surface area contributed by atoms with Gasteiger partial charge in [0, 0.05) is 12.0 Å². The quantitative estimate of drug-likeness (QED) is 0.768. The van der Waals surface area contributed by atoms with Gasteiger partial charge < -0.3 is 5.32 Å². The molecule has 96 valence electrons. The molecule has 1 amide bonds. The molecule has 0 bridgehead atoms. The highest BCUT2D eigenvalue weighted by molar-refractivity contribution is 8.00. The number of nitrogens with zero attached hydrogens (tertiary/aromatic N) is 4. The SMILES string of the molecule is CC(C)(C)NC(=O)CCCSC1(C)N=NN=N1. The maximum Gasteiger partial charge on any atom is 0.237 e. The van der Waals surface area contributed by atoms with Gasteiger partial charge in [0.15, 0.2) is 0 Å². The predicted octanol–water partition coefficient (Wildman–Crippen LogP) is 2.92. The molecule has 0 unspecified atom stereocenters. The van der Waals surface area contributed by atoms with Crippen LogP contribution in [-0.2, 0) is 4.79 Å². The number of amides is 1. The topological polar surface area (TPSA) is 78.5 Å². The Labute approximate surface area is 106 Å². The number of nitrogens with one attached hydrogen (secondary N) is 1. The van der Waals surface area contributed by atoms with E-state index in [9.17, 15) is 4.79 Å². The Kier molecular flexibility index (Phi) is 4.62. The first kappa shape index (κ1) is 14.1. The van der Waals surface area contributed by atoms with Gasteiger partial charge in [-0.05, 0) is 50.3 Å². The molecule has 0 aliphatic carbocycles. The Bertz CT molecular complexity index is 322. The summed E-state index contributed by atoms with van der Waals surface area (Å²) in [5.74, 6) is 0.893. The van der Waals surface area contributed by atoms with Crippen molar-refractivity contribution in [2.45, 2.75) is 51.1 Å². The third-order valence-electron chi connectivity index (χ3n) is 1.94. The molecule has 1 rings (SSSR count). The third-order valence-corrected chi connectivity index (χ3v) is 3.14.